The van der Waals surface area contributed by atoms with Crippen LogP contribution in [0.1, 0.15) is 11.7 Å². The maximum Gasteiger partial charge on any atom is 0.143 e. The first-order chi connectivity index (χ1) is 5.29. The summed E-state index contributed by atoms with van der Waals surface area (Å²) in [5, 5.41) is 0. The molecular weight excluding hydrogens is 211 g/mol. The van der Waals surface area contributed by atoms with E-state index >= 15 is 0 Å². The van der Waals surface area contributed by atoms with Gasteiger partial charge in [-0.05, 0) is 22.0 Å². The zero-order valence-corrected chi connectivity index (χ0v) is 7.27. The maximum absolute atomic E-state index is 13.2. The minimum atomic E-state index is -0.199. The van der Waals surface area contributed by atoms with Crippen LogP contribution in [-0.2, 0) is 4.74 Å². The highest BCUT2D eigenvalue weighted by Gasteiger charge is 2.28. The van der Waals surface area contributed by atoms with Crippen LogP contribution in [-0.4, -0.2) is 6.61 Å². The largest absolute Gasteiger partial charge is 0.368 e. The summed E-state index contributed by atoms with van der Waals surface area (Å²) < 4.78 is 18.6. The van der Waals surface area contributed by atoms with E-state index in [1.807, 2.05) is 6.07 Å². The molecule has 0 aliphatic carbocycles. The minimum Gasteiger partial charge on any atom is -0.368 e. The molecule has 0 amide bonds. The number of ether oxygens (including phenoxy) is 1. The van der Waals surface area contributed by atoms with Crippen LogP contribution < -0.4 is 0 Å². The molecule has 1 aromatic carbocycles. The van der Waals surface area contributed by atoms with Gasteiger partial charge in [0.15, 0.2) is 0 Å². The first-order valence-corrected chi connectivity index (χ1v) is 4.14. The number of rotatable bonds is 1. The SMILES string of the molecule is Fc1c(Br)cccc1C1CO1. The molecule has 58 valence electrons. The van der Waals surface area contributed by atoms with Gasteiger partial charge in [0.25, 0.3) is 0 Å². The quantitative estimate of drug-likeness (QED) is 0.658. The van der Waals surface area contributed by atoms with E-state index in [-0.39, 0.29) is 11.9 Å². The van der Waals surface area contributed by atoms with Crippen LogP contribution >= 0.6 is 15.9 Å². The molecule has 0 aromatic heterocycles. The third-order valence-electron chi connectivity index (χ3n) is 1.66. The molecule has 0 radical (unpaired) electrons. The molecule has 0 N–H and O–H groups in total. The molecule has 1 saturated heterocycles. The van der Waals surface area contributed by atoms with Crippen molar-refractivity contribution < 1.29 is 9.13 Å². The molecule has 1 aliphatic rings. The van der Waals surface area contributed by atoms with Gasteiger partial charge in [-0.2, -0.15) is 0 Å². The Morgan fingerprint density at radius 1 is 1.55 bits per heavy atom. The van der Waals surface area contributed by atoms with Gasteiger partial charge >= 0.3 is 0 Å². The Hall–Kier alpha value is -0.410. The monoisotopic (exact) mass is 216 g/mol. The summed E-state index contributed by atoms with van der Waals surface area (Å²) in [7, 11) is 0. The normalized spacial score (nSPS) is 21.8. The molecule has 1 unspecified atom stereocenters. The van der Waals surface area contributed by atoms with Gasteiger partial charge in [0, 0.05) is 5.56 Å². The van der Waals surface area contributed by atoms with Gasteiger partial charge in [0.05, 0.1) is 11.1 Å². The maximum atomic E-state index is 13.2. The summed E-state index contributed by atoms with van der Waals surface area (Å²) >= 11 is 3.11. The van der Waals surface area contributed by atoms with Crippen molar-refractivity contribution in [3.63, 3.8) is 0 Å². The number of epoxide rings is 1. The van der Waals surface area contributed by atoms with Crippen LogP contribution in [0.25, 0.3) is 0 Å². The van der Waals surface area contributed by atoms with E-state index in [9.17, 15) is 4.39 Å². The second-order valence-electron chi connectivity index (χ2n) is 2.47. The van der Waals surface area contributed by atoms with E-state index in [2.05, 4.69) is 15.9 Å². The fraction of sp³-hybridized carbons (Fsp3) is 0.250. The topological polar surface area (TPSA) is 12.5 Å². The van der Waals surface area contributed by atoms with Crippen LogP contribution in [0.4, 0.5) is 4.39 Å². The highest BCUT2D eigenvalue weighted by molar-refractivity contribution is 9.10. The molecule has 3 heteroatoms. The zero-order chi connectivity index (χ0) is 7.84. The summed E-state index contributed by atoms with van der Waals surface area (Å²) in [4.78, 5) is 0. The molecule has 1 aromatic rings. The van der Waals surface area contributed by atoms with Crippen molar-refractivity contribution in [2.75, 3.05) is 6.61 Å². The van der Waals surface area contributed by atoms with Crippen LogP contribution in [0, 0.1) is 5.82 Å². The molecule has 0 bridgehead atoms. The Balaban J connectivity index is 2.45. The first-order valence-electron chi connectivity index (χ1n) is 3.34. The van der Waals surface area contributed by atoms with E-state index in [0.29, 0.717) is 16.6 Å². The van der Waals surface area contributed by atoms with Crippen LogP contribution in [0.3, 0.4) is 0 Å². The van der Waals surface area contributed by atoms with E-state index in [1.54, 1.807) is 12.1 Å². The standard InChI is InChI=1S/C8H6BrFO/c9-6-3-1-2-5(8(6)10)7-4-11-7/h1-3,7H,4H2. The molecule has 1 aliphatic heterocycles. The predicted octanol–water partition coefficient (Wildman–Crippen LogP) is 2.66. The van der Waals surface area contributed by atoms with Crippen molar-refractivity contribution in [2.45, 2.75) is 6.10 Å². The van der Waals surface area contributed by atoms with Crippen molar-refractivity contribution >= 4 is 15.9 Å². The lowest BCUT2D eigenvalue weighted by atomic mass is 10.1. The summed E-state index contributed by atoms with van der Waals surface area (Å²) in [6.07, 6.45) is -0.00694. The van der Waals surface area contributed by atoms with Crippen LogP contribution in [0.2, 0.25) is 0 Å². The second kappa shape index (κ2) is 2.57. The van der Waals surface area contributed by atoms with E-state index in [0.717, 1.165) is 0 Å². The third-order valence-corrected chi connectivity index (χ3v) is 2.27. The number of hydrogen-bond donors (Lipinski definition) is 0. The Kier molecular flexibility index (Phi) is 1.69. The molecule has 1 fully saturated rings. The molecule has 1 heterocycles. The van der Waals surface area contributed by atoms with Gasteiger partial charge in [-0.25, -0.2) is 4.39 Å². The number of hydrogen-bond acceptors (Lipinski definition) is 1. The van der Waals surface area contributed by atoms with E-state index < -0.39 is 0 Å². The van der Waals surface area contributed by atoms with Crippen molar-refractivity contribution in [1.82, 2.24) is 0 Å². The smallest absolute Gasteiger partial charge is 0.143 e. The van der Waals surface area contributed by atoms with E-state index in [1.165, 1.54) is 0 Å². The summed E-state index contributed by atoms with van der Waals surface area (Å²) in [5.74, 6) is -0.199. The third kappa shape index (κ3) is 1.30. The van der Waals surface area contributed by atoms with Crippen molar-refractivity contribution in [3.8, 4) is 0 Å². The summed E-state index contributed by atoms with van der Waals surface area (Å²) in [6, 6.07) is 5.24. The van der Waals surface area contributed by atoms with Crippen molar-refractivity contribution in [1.29, 1.82) is 0 Å². The molecule has 11 heavy (non-hydrogen) atoms. The predicted molar refractivity (Wildman–Crippen MR) is 42.8 cm³/mol. The van der Waals surface area contributed by atoms with Crippen molar-refractivity contribution in [3.05, 3.63) is 34.1 Å². The molecule has 2 rings (SSSR count). The molecule has 0 spiro atoms. The summed E-state index contributed by atoms with van der Waals surface area (Å²) in [5.41, 5.74) is 0.652. The zero-order valence-electron chi connectivity index (χ0n) is 5.68. The van der Waals surface area contributed by atoms with Gasteiger partial charge in [-0.3, -0.25) is 0 Å². The average molecular weight is 217 g/mol. The minimum absolute atomic E-state index is 0.00694. The number of benzene rings is 1. The van der Waals surface area contributed by atoms with Crippen LogP contribution in [0.5, 0.6) is 0 Å². The van der Waals surface area contributed by atoms with Gasteiger partial charge in [-0.15, -0.1) is 0 Å². The van der Waals surface area contributed by atoms with Gasteiger partial charge < -0.3 is 4.74 Å². The fourth-order valence-electron chi connectivity index (χ4n) is 0.997. The highest BCUT2D eigenvalue weighted by atomic mass is 79.9. The van der Waals surface area contributed by atoms with Gasteiger partial charge in [0.2, 0.25) is 0 Å². The Morgan fingerprint density at radius 2 is 2.27 bits per heavy atom. The lowest BCUT2D eigenvalue weighted by Crippen LogP contribution is -1.87. The highest BCUT2D eigenvalue weighted by Crippen LogP contribution is 2.33. The molecule has 1 nitrogen and oxygen atoms in total. The lowest BCUT2D eigenvalue weighted by Gasteiger charge is -1.98. The first kappa shape index (κ1) is 7.25. The number of halogens is 2. The van der Waals surface area contributed by atoms with E-state index in [4.69, 9.17) is 4.74 Å². The van der Waals surface area contributed by atoms with Gasteiger partial charge in [0.1, 0.15) is 11.9 Å². The Morgan fingerprint density at radius 3 is 2.91 bits per heavy atom. The molecule has 0 saturated carbocycles. The Bertz CT molecular complexity index is 283. The van der Waals surface area contributed by atoms with Crippen molar-refractivity contribution in [2.24, 2.45) is 0 Å². The van der Waals surface area contributed by atoms with Crippen LogP contribution in [0.15, 0.2) is 22.7 Å². The summed E-state index contributed by atoms with van der Waals surface area (Å²) in [6.45, 7) is 0.646. The van der Waals surface area contributed by atoms with Gasteiger partial charge in [-0.1, -0.05) is 12.1 Å². The molecular formula is C8H6BrFO. The Labute approximate surface area is 72.3 Å². The fourth-order valence-corrected chi connectivity index (χ4v) is 1.38. The molecule has 1 atom stereocenters. The lowest BCUT2D eigenvalue weighted by molar-refractivity contribution is 0.407. The second-order valence-corrected chi connectivity index (χ2v) is 3.32. The average Bonchev–Trinajstić information content (AvgIpc) is 2.77.